The molecule has 2 amide bonds. The predicted octanol–water partition coefficient (Wildman–Crippen LogP) is 1.64. The number of hydrogen-bond donors (Lipinski definition) is 2. The zero-order chi connectivity index (χ0) is 17.0. The van der Waals surface area contributed by atoms with Crippen molar-refractivity contribution in [3.8, 4) is 0 Å². The Morgan fingerprint density at radius 1 is 1.27 bits per heavy atom. The molecule has 1 fully saturated rings. The number of carbonyl (C=O) groups is 3. The summed E-state index contributed by atoms with van der Waals surface area (Å²) in [4.78, 5) is 36.8. The van der Waals surface area contributed by atoms with Gasteiger partial charge in [-0.25, -0.2) is 0 Å². The number of rotatable bonds is 5. The van der Waals surface area contributed by atoms with Gasteiger partial charge in [0.15, 0.2) is 0 Å². The molecule has 6 heteroatoms. The lowest BCUT2D eigenvalue weighted by molar-refractivity contribution is -0.153. The summed E-state index contributed by atoms with van der Waals surface area (Å²) in [5, 5.41) is 12.1. The van der Waals surface area contributed by atoms with Gasteiger partial charge in [0.05, 0.1) is 5.41 Å². The van der Waals surface area contributed by atoms with E-state index in [9.17, 15) is 19.5 Å². The zero-order valence-electron chi connectivity index (χ0n) is 14.1. The molecule has 22 heavy (non-hydrogen) atoms. The van der Waals surface area contributed by atoms with Gasteiger partial charge in [-0.1, -0.05) is 20.8 Å². The number of likely N-dealkylation sites (tertiary alicyclic amines) is 1. The van der Waals surface area contributed by atoms with Crippen LogP contribution < -0.4 is 5.32 Å². The monoisotopic (exact) mass is 312 g/mol. The van der Waals surface area contributed by atoms with Gasteiger partial charge >= 0.3 is 5.97 Å². The molecule has 6 nitrogen and oxygen atoms in total. The van der Waals surface area contributed by atoms with Gasteiger partial charge in [-0.15, -0.1) is 0 Å². The summed E-state index contributed by atoms with van der Waals surface area (Å²) in [6, 6.07) is 0. The van der Waals surface area contributed by atoms with Gasteiger partial charge in [-0.3, -0.25) is 14.4 Å². The van der Waals surface area contributed by atoms with Crippen LogP contribution in [0.4, 0.5) is 0 Å². The van der Waals surface area contributed by atoms with Gasteiger partial charge in [0.25, 0.3) is 0 Å². The van der Waals surface area contributed by atoms with Crippen LogP contribution in [0.1, 0.15) is 53.4 Å². The normalized spacial score (nSPS) is 22.3. The molecule has 1 rings (SSSR count). The summed E-state index contributed by atoms with van der Waals surface area (Å²) >= 11 is 0. The van der Waals surface area contributed by atoms with Crippen molar-refractivity contribution in [2.45, 2.75) is 53.4 Å². The first-order valence-electron chi connectivity index (χ1n) is 7.86. The number of piperidine rings is 1. The fourth-order valence-corrected chi connectivity index (χ4v) is 2.49. The second-order valence-corrected chi connectivity index (χ2v) is 7.39. The molecule has 1 aliphatic rings. The molecule has 0 bridgehead atoms. The van der Waals surface area contributed by atoms with E-state index in [0.29, 0.717) is 32.4 Å². The Morgan fingerprint density at radius 2 is 1.91 bits per heavy atom. The number of amides is 2. The van der Waals surface area contributed by atoms with Gasteiger partial charge in [0, 0.05) is 31.5 Å². The van der Waals surface area contributed by atoms with Crippen LogP contribution >= 0.6 is 0 Å². The first kappa shape index (κ1) is 18.5. The van der Waals surface area contributed by atoms with Crippen molar-refractivity contribution in [2.75, 3.05) is 19.6 Å². The number of hydrogen-bond acceptors (Lipinski definition) is 3. The van der Waals surface area contributed by atoms with E-state index in [2.05, 4.69) is 5.32 Å². The maximum absolute atomic E-state index is 12.2. The molecule has 0 aromatic heterocycles. The first-order valence-corrected chi connectivity index (χ1v) is 7.86. The Morgan fingerprint density at radius 3 is 2.45 bits per heavy atom. The van der Waals surface area contributed by atoms with Crippen LogP contribution in [0, 0.1) is 10.8 Å². The van der Waals surface area contributed by atoms with Crippen LogP contribution in [0.15, 0.2) is 0 Å². The third-order valence-electron chi connectivity index (χ3n) is 4.10. The van der Waals surface area contributed by atoms with Crippen LogP contribution in [0.3, 0.4) is 0 Å². The Balaban J connectivity index is 2.37. The molecular weight excluding hydrogens is 284 g/mol. The van der Waals surface area contributed by atoms with E-state index in [-0.39, 0.29) is 18.4 Å². The van der Waals surface area contributed by atoms with E-state index in [1.165, 1.54) is 0 Å². The quantitative estimate of drug-likeness (QED) is 0.756. The highest BCUT2D eigenvalue weighted by molar-refractivity contribution is 5.81. The molecule has 126 valence electrons. The average Bonchev–Trinajstić information content (AvgIpc) is 2.41. The van der Waals surface area contributed by atoms with Crippen LogP contribution in [0.5, 0.6) is 0 Å². The summed E-state index contributed by atoms with van der Waals surface area (Å²) in [6.45, 7) is 8.58. The average molecular weight is 312 g/mol. The Bertz CT molecular complexity index is 442. The van der Waals surface area contributed by atoms with E-state index in [0.717, 1.165) is 6.42 Å². The van der Waals surface area contributed by atoms with Crippen molar-refractivity contribution in [2.24, 2.45) is 10.8 Å². The van der Waals surface area contributed by atoms with Gasteiger partial charge < -0.3 is 15.3 Å². The predicted molar refractivity (Wildman–Crippen MR) is 83.3 cm³/mol. The summed E-state index contributed by atoms with van der Waals surface area (Å²) in [5.41, 5.74) is -1.27. The number of aliphatic carboxylic acids is 1. The molecule has 1 aliphatic heterocycles. The molecule has 0 aromatic rings. The first-order chi connectivity index (χ1) is 10.1. The van der Waals surface area contributed by atoms with Gasteiger partial charge in [-0.05, 0) is 26.2 Å². The van der Waals surface area contributed by atoms with Crippen LogP contribution in [-0.2, 0) is 14.4 Å². The summed E-state index contributed by atoms with van der Waals surface area (Å²) in [7, 11) is 0. The second kappa shape index (κ2) is 7.11. The molecule has 1 atom stereocenters. The molecule has 1 unspecified atom stereocenters. The lowest BCUT2D eigenvalue weighted by Crippen LogP contribution is -2.48. The standard InChI is InChI=1S/C16H28N2O4/c1-15(2,3)13(20)17-9-5-7-12(19)18-10-6-8-16(4,11-18)14(21)22/h5-11H2,1-4H3,(H,17,20)(H,21,22). The minimum absolute atomic E-state index is 0.0304. The van der Waals surface area contributed by atoms with Crippen molar-refractivity contribution in [1.82, 2.24) is 10.2 Å². The van der Waals surface area contributed by atoms with Crippen molar-refractivity contribution in [1.29, 1.82) is 0 Å². The zero-order valence-corrected chi connectivity index (χ0v) is 14.1. The molecule has 1 heterocycles. The lowest BCUT2D eigenvalue weighted by atomic mass is 9.82. The summed E-state index contributed by atoms with van der Waals surface area (Å²) in [5.74, 6) is -0.906. The molecule has 0 aromatic carbocycles. The van der Waals surface area contributed by atoms with Gasteiger partial charge in [0.2, 0.25) is 11.8 Å². The number of carboxylic acids is 1. The van der Waals surface area contributed by atoms with Crippen molar-refractivity contribution in [3.63, 3.8) is 0 Å². The van der Waals surface area contributed by atoms with E-state index in [1.54, 1.807) is 11.8 Å². The van der Waals surface area contributed by atoms with Crippen LogP contribution in [0.25, 0.3) is 0 Å². The maximum atomic E-state index is 12.2. The van der Waals surface area contributed by atoms with Crippen LogP contribution in [-0.4, -0.2) is 47.4 Å². The van der Waals surface area contributed by atoms with Crippen molar-refractivity contribution >= 4 is 17.8 Å². The van der Waals surface area contributed by atoms with Crippen LogP contribution in [0.2, 0.25) is 0 Å². The van der Waals surface area contributed by atoms with E-state index in [4.69, 9.17) is 0 Å². The van der Waals surface area contributed by atoms with Crippen molar-refractivity contribution < 1.29 is 19.5 Å². The molecule has 0 spiro atoms. The Hall–Kier alpha value is -1.59. The minimum atomic E-state index is -0.845. The largest absolute Gasteiger partial charge is 0.481 e. The molecule has 2 N–H and O–H groups in total. The van der Waals surface area contributed by atoms with Crippen molar-refractivity contribution in [3.05, 3.63) is 0 Å². The van der Waals surface area contributed by atoms with Gasteiger partial charge in [0.1, 0.15) is 0 Å². The highest BCUT2D eigenvalue weighted by Crippen LogP contribution is 2.30. The third kappa shape index (κ3) is 5.00. The Labute approximate surface area is 132 Å². The third-order valence-corrected chi connectivity index (χ3v) is 4.10. The number of carboxylic acid groups (broad SMARTS) is 1. The highest BCUT2D eigenvalue weighted by atomic mass is 16.4. The second-order valence-electron chi connectivity index (χ2n) is 7.39. The maximum Gasteiger partial charge on any atom is 0.311 e. The van der Waals surface area contributed by atoms with E-state index >= 15 is 0 Å². The molecular formula is C16H28N2O4. The van der Waals surface area contributed by atoms with E-state index in [1.807, 2.05) is 20.8 Å². The molecule has 0 saturated carbocycles. The van der Waals surface area contributed by atoms with E-state index < -0.39 is 16.8 Å². The lowest BCUT2D eigenvalue weighted by Gasteiger charge is -2.37. The topological polar surface area (TPSA) is 86.7 Å². The smallest absolute Gasteiger partial charge is 0.311 e. The molecule has 0 radical (unpaired) electrons. The molecule has 0 aliphatic carbocycles. The summed E-state index contributed by atoms with van der Waals surface area (Å²) in [6.07, 6.45) is 2.23. The molecule has 1 saturated heterocycles. The fraction of sp³-hybridized carbons (Fsp3) is 0.812. The fourth-order valence-electron chi connectivity index (χ4n) is 2.49. The minimum Gasteiger partial charge on any atom is -0.481 e. The summed E-state index contributed by atoms with van der Waals surface area (Å²) < 4.78 is 0. The number of carbonyl (C=O) groups excluding carboxylic acids is 2. The Kier molecular flexibility index (Phi) is 5.97. The SMILES string of the molecule is CC(C)(C)C(=O)NCCCC(=O)N1CCCC(C)(C(=O)O)C1. The van der Waals surface area contributed by atoms with Gasteiger partial charge in [-0.2, -0.15) is 0 Å². The number of nitrogens with one attached hydrogen (secondary N) is 1. The number of nitrogens with zero attached hydrogens (tertiary/aromatic N) is 1. The highest BCUT2D eigenvalue weighted by Gasteiger charge is 2.39.